The molecule has 2 aliphatic heterocycles. The average Bonchev–Trinajstić information content (AvgIpc) is 3.07. The summed E-state index contributed by atoms with van der Waals surface area (Å²) in [4.78, 5) is 0.781. The highest BCUT2D eigenvalue weighted by atomic mass is 19.4. The van der Waals surface area contributed by atoms with Gasteiger partial charge in [-0.05, 0) is 13.8 Å². The molecule has 0 aromatic heterocycles. The molecule has 2 aliphatic rings. The van der Waals surface area contributed by atoms with Crippen molar-refractivity contribution in [1.29, 1.82) is 0 Å². The van der Waals surface area contributed by atoms with Gasteiger partial charge in [-0.15, -0.1) is 0 Å². The molecule has 2 bridgehead atoms. The molecule has 26 heteroatoms. The van der Waals surface area contributed by atoms with E-state index in [2.05, 4.69) is 0 Å². The zero-order valence-electron chi connectivity index (χ0n) is 29.9. The van der Waals surface area contributed by atoms with Crippen molar-refractivity contribution >= 4 is 0 Å². The Labute approximate surface area is 309 Å². The summed E-state index contributed by atoms with van der Waals surface area (Å²) in [5.41, 5.74) is -2.41. The number of nitrogens with zero attached hydrogens (tertiary/aromatic N) is 1. The van der Waals surface area contributed by atoms with E-state index in [1.165, 1.54) is 0 Å². The van der Waals surface area contributed by atoms with Crippen LogP contribution in [-0.4, -0.2) is 176 Å². The number of rotatable bonds is 9. The molecule has 0 aromatic carbocycles. The summed E-state index contributed by atoms with van der Waals surface area (Å²) in [6.45, 7) is -0.544. The van der Waals surface area contributed by atoms with E-state index in [0.29, 0.717) is 0 Å². The van der Waals surface area contributed by atoms with Gasteiger partial charge in [-0.3, -0.25) is 4.90 Å². The second-order valence-corrected chi connectivity index (χ2v) is 13.3. The van der Waals surface area contributed by atoms with Crippen LogP contribution in [0.4, 0.5) is 74.6 Å². The van der Waals surface area contributed by atoms with Gasteiger partial charge in [0.2, 0.25) is 0 Å². The Morgan fingerprint density at radius 1 is 0.393 bits per heavy atom. The minimum Gasteiger partial charge on any atom is -0.377 e. The number of hydrogen-bond donors (Lipinski definition) is 0. The maximum atomic E-state index is 14.8. The van der Waals surface area contributed by atoms with E-state index in [9.17, 15) is 74.6 Å². The molecule has 0 N–H and O–H groups in total. The summed E-state index contributed by atoms with van der Waals surface area (Å²) < 4.78 is 279. The summed E-state index contributed by atoms with van der Waals surface area (Å²) >= 11 is 0. The molecule has 2 saturated heterocycles. The van der Waals surface area contributed by atoms with Crippen molar-refractivity contribution in [2.24, 2.45) is 0 Å². The molecule has 2 atom stereocenters. The smallest absolute Gasteiger partial charge is 0.377 e. The predicted octanol–water partition coefficient (Wildman–Crippen LogP) is 6.37. The van der Waals surface area contributed by atoms with Gasteiger partial charge < -0.3 is 37.9 Å². The first-order chi connectivity index (χ1) is 25.4. The van der Waals surface area contributed by atoms with E-state index in [1.807, 2.05) is 0 Å². The summed E-state index contributed by atoms with van der Waals surface area (Å²) in [5.74, 6) is -56.8. The van der Waals surface area contributed by atoms with Crippen molar-refractivity contribution in [2.75, 3.05) is 112 Å². The van der Waals surface area contributed by atoms with Crippen LogP contribution in [0.15, 0.2) is 0 Å². The van der Waals surface area contributed by atoms with E-state index in [0.717, 1.165) is 4.90 Å². The van der Waals surface area contributed by atoms with Gasteiger partial charge in [-0.25, -0.2) is 0 Å². The number of ether oxygens (including phenoxy) is 8. The molecule has 0 spiro atoms. The second-order valence-electron chi connectivity index (χ2n) is 13.3. The van der Waals surface area contributed by atoms with Crippen LogP contribution in [0.2, 0.25) is 0 Å². The highest BCUT2D eigenvalue weighted by molar-refractivity contribution is 5.15. The summed E-state index contributed by atoms with van der Waals surface area (Å²) in [6.07, 6.45) is -10.4. The fourth-order valence-corrected chi connectivity index (χ4v) is 4.91. The second kappa shape index (κ2) is 19.2. The van der Waals surface area contributed by atoms with E-state index < -0.39 is 98.1 Å². The monoisotopic (exact) mass is 867 g/mol. The standard InChI is InChI=1S/C30H42F17NO8/c1-21-17-51-7-5-48(6-8-52-18-22(2,56-16-14-50-13-15-55-21)20-54-12-10-49-9-11-53-19-21)4-3-23(31,32)24(33,34)25(35,36)26(37,38)27(39,40)28(41,42)29(43,44)30(45,46)47/h3-20H2,1-2H3. The normalized spacial score (nSPS) is 26.4. The Bertz CT molecular complexity index is 1160. The Morgan fingerprint density at radius 2 is 0.696 bits per heavy atom. The largest absolute Gasteiger partial charge is 0.460 e. The maximum Gasteiger partial charge on any atom is 0.460 e. The van der Waals surface area contributed by atoms with Gasteiger partial charge in [0.25, 0.3) is 0 Å². The minimum atomic E-state index is -8.69. The molecule has 334 valence electrons. The summed E-state index contributed by atoms with van der Waals surface area (Å²) in [7, 11) is 0. The third-order valence-electron chi connectivity index (χ3n) is 8.36. The Balaban J connectivity index is 2.35. The summed E-state index contributed by atoms with van der Waals surface area (Å²) in [6, 6.07) is 0. The number of hydrogen-bond acceptors (Lipinski definition) is 9. The molecule has 2 fully saturated rings. The van der Waals surface area contributed by atoms with Crippen LogP contribution in [0.1, 0.15) is 20.3 Å². The van der Waals surface area contributed by atoms with Crippen LogP contribution in [0.25, 0.3) is 0 Å². The molecule has 56 heavy (non-hydrogen) atoms. The first-order valence-corrected chi connectivity index (χ1v) is 16.6. The molecule has 2 unspecified atom stereocenters. The molecule has 0 aliphatic carbocycles. The van der Waals surface area contributed by atoms with Gasteiger partial charge in [0.05, 0.1) is 92.5 Å². The first kappa shape index (κ1) is 50.6. The van der Waals surface area contributed by atoms with Gasteiger partial charge in [-0.1, -0.05) is 0 Å². The van der Waals surface area contributed by atoms with Crippen LogP contribution in [0.5, 0.6) is 0 Å². The lowest BCUT2D eigenvalue weighted by Crippen LogP contribution is -2.74. The third-order valence-corrected chi connectivity index (χ3v) is 8.36. The Kier molecular flexibility index (Phi) is 17.4. The van der Waals surface area contributed by atoms with Gasteiger partial charge in [0, 0.05) is 26.1 Å². The zero-order chi connectivity index (χ0) is 43.0. The van der Waals surface area contributed by atoms with Gasteiger partial charge in [-0.2, -0.15) is 74.6 Å². The number of fused-ring (bicyclic) bond motifs is 8. The first-order valence-electron chi connectivity index (χ1n) is 16.6. The van der Waals surface area contributed by atoms with Crippen molar-refractivity contribution in [3.63, 3.8) is 0 Å². The highest BCUT2D eigenvalue weighted by Crippen LogP contribution is 2.64. The van der Waals surface area contributed by atoms with Gasteiger partial charge >= 0.3 is 47.6 Å². The molecule has 0 aromatic rings. The molecular weight excluding hydrogens is 825 g/mol. The van der Waals surface area contributed by atoms with Crippen LogP contribution >= 0.6 is 0 Å². The van der Waals surface area contributed by atoms with Crippen molar-refractivity contribution < 1.29 is 113 Å². The van der Waals surface area contributed by atoms with Crippen molar-refractivity contribution in [2.45, 2.75) is 79.1 Å². The van der Waals surface area contributed by atoms with Gasteiger partial charge in [0.1, 0.15) is 11.2 Å². The fourth-order valence-electron chi connectivity index (χ4n) is 4.91. The maximum absolute atomic E-state index is 14.8. The average molecular weight is 868 g/mol. The quantitative estimate of drug-likeness (QED) is 0.195. The van der Waals surface area contributed by atoms with Crippen LogP contribution < -0.4 is 0 Å². The minimum absolute atomic E-state index is 0.00333. The van der Waals surface area contributed by atoms with E-state index >= 15 is 0 Å². The van der Waals surface area contributed by atoms with E-state index in [4.69, 9.17) is 37.9 Å². The topological polar surface area (TPSA) is 77.1 Å². The number of alkyl halides is 17. The van der Waals surface area contributed by atoms with Crippen LogP contribution in [0.3, 0.4) is 0 Å². The molecular formula is C30H42F17NO8. The molecule has 2 rings (SSSR count). The fraction of sp³-hybridized carbons (Fsp3) is 1.00. The zero-order valence-corrected chi connectivity index (χ0v) is 29.9. The molecule has 2 heterocycles. The van der Waals surface area contributed by atoms with E-state index in [-0.39, 0.29) is 79.3 Å². The third kappa shape index (κ3) is 11.6. The summed E-state index contributed by atoms with van der Waals surface area (Å²) in [5, 5.41) is 0. The lowest BCUT2D eigenvalue weighted by molar-refractivity contribution is -0.461. The van der Waals surface area contributed by atoms with Crippen LogP contribution in [-0.2, 0) is 37.9 Å². The lowest BCUT2D eigenvalue weighted by atomic mass is 9.88. The SMILES string of the molecule is CC12COCCOCCOCC(C)(COCCN(CCC(F)(F)C(F)(F)C(F)(F)C(F)(F)C(F)(F)C(F)(F)C(F)(F)C(F)(F)F)CCOC1)OCCOCCO2. The Hall–Kier alpha value is -1.55. The Morgan fingerprint density at radius 3 is 1.07 bits per heavy atom. The molecule has 0 radical (unpaired) electrons. The molecule has 0 amide bonds. The molecule has 9 nitrogen and oxygen atoms in total. The van der Waals surface area contributed by atoms with Gasteiger partial charge in [0.15, 0.2) is 0 Å². The van der Waals surface area contributed by atoms with Crippen molar-refractivity contribution in [3.8, 4) is 0 Å². The van der Waals surface area contributed by atoms with Crippen LogP contribution in [0, 0.1) is 0 Å². The molecule has 0 saturated carbocycles. The number of halogens is 17. The lowest BCUT2D eigenvalue weighted by Gasteiger charge is -2.43. The highest BCUT2D eigenvalue weighted by Gasteiger charge is 2.95. The predicted molar refractivity (Wildman–Crippen MR) is 155 cm³/mol. The van der Waals surface area contributed by atoms with Crippen molar-refractivity contribution in [3.05, 3.63) is 0 Å². The van der Waals surface area contributed by atoms with E-state index in [1.54, 1.807) is 13.8 Å². The van der Waals surface area contributed by atoms with Crippen molar-refractivity contribution in [1.82, 2.24) is 4.90 Å².